The van der Waals surface area contributed by atoms with Gasteiger partial charge in [-0.15, -0.1) is 0 Å². The molecule has 2 heterocycles. The third-order valence-corrected chi connectivity index (χ3v) is 7.68. The van der Waals surface area contributed by atoms with Crippen molar-refractivity contribution < 1.29 is 28.3 Å². The highest BCUT2D eigenvalue weighted by Gasteiger charge is 2.51. The second kappa shape index (κ2) is 13.2. The molecule has 3 amide bonds. The van der Waals surface area contributed by atoms with Gasteiger partial charge in [0.2, 0.25) is 5.91 Å². The van der Waals surface area contributed by atoms with Crippen molar-refractivity contribution in [3.05, 3.63) is 108 Å². The number of aliphatic hydroxyl groups is 1. The Kier molecular flexibility index (Phi) is 9.15. The van der Waals surface area contributed by atoms with Crippen molar-refractivity contribution in [3.8, 4) is 0 Å². The third-order valence-electron chi connectivity index (χ3n) is 7.68. The number of amides is 3. The molecule has 0 aliphatic carbocycles. The second-order valence-electron chi connectivity index (χ2n) is 10.8. The third kappa shape index (κ3) is 7.17. The van der Waals surface area contributed by atoms with E-state index in [2.05, 4.69) is 20.9 Å². The number of hydrogen-bond acceptors (Lipinski definition) is 6. The molecular formula is C33H33F2N5O4. The largest absolute Gasteiger partial charge is 0.388 e. The summed E-state index contributed by atoms with van der Waals surface area (Å²) < 4.78 is 29.3. The van der Waals surface area contributed by atoms with E-state index in [1.165, 1.54) is 0 Å². The number of hydrogen-bond donors (Lipinski definition) is 4. The van der Waals surface area contributed by atoms with Crippen LogP contribution in [0.4, 0.5) is 14.5 Å². The first-order valence-electron chi connectivity index (χ1n) is 14.2. The lowest BCUT2D eigenvalue weighted by Crippen LogP contribution is -2.55. The van der Waals surface area contributed by atoms with Gasteiger partial charge in [-0.05, 0) is 53.9 Å². The van der Waals surface area contributed by atoms with E-state index in [4.69, 9.17) is 0 Å². The molecular weight excluding hydrogens is 568 g/mol. The van der Waals surface area contributed by atoms with Gasteiger partial charge in [-0.25, -0.2) is 8.78 Å². The van der Waals surface area contributed by atoms with Gasteiger partial charge in [0.1, 0.15) is 6.04 Å². The van der Waals surface area contributed by atoms with E-state index < -0.39 is 54.8 Å². The van der Waals surface area contributed by atoms with E-state index in [-0.39, 0.29) is 18.5 Å². The molecule has 228 valence electrons. The highest BCUT2D eigenvalue weighted by molar-refractivity contribution is 5.98. The van der Waals surface area contributed by atoms with Gasteiger partial charge in [-0.1, -0.05) is 48.5 Å². The monoisotopic (exact) mass is 601 g/mol. The molecule has 1 fully saturated rings. The number of nitrogens with one attached hydrogen (secondary N) is 3. The van der Waals surface area contributed by atoms with Gasteiger partial charge in [-0.3, -0.25) is 19.4 Å². The van der Waals surface area contributed by atoms with Gasteiger partial charge >= 0.3 is 0 Å². The van der Waals surface area contributed by atoms with Crippen LogP contribution in [0.1, 0.15) is 27.9 Å². The second-order valence-corrected chi connectivity index (χ2v) is 10.8. The predicted octanol–water partition coefficient (Wildman–Crippen LogP) is 3.53. The van der Waals surface area contributed by atoms with Crippen molar-refractivity contribution in [1.29, 1.82) is 0 Å². The summed E-state index contributed by atoms with van der Waals surface area (Å²) in [4.78, 5) is 45.0. The quantitative estimate of drug-likeness (QED) is 0.221. The molecule has 1 aliphatic rings. The molecule has 5 rings (SSSR count). The molecule has 3 aromatic carbocycles. The summed E-state index contributed by atoms with van der Waals surface area (Å²) >= 11 is 0. The predicted molar refractivity (Wildman–Crippen MR) is 162 cm³/mol. The van der Waals surface area contributed by atoms with Crippen molar-refractivity contribution >= 4 is 34.3 Å². The molecule has 1 aromatic heterocycles. The van der Waals surface area contributed by atoms with Gasteiger partial charge in [0.25, 0.3) is 17.7 Å². The number of pyridine rings is 1. The lowest BCUT2D eigenvalue weighted by molar-refractivity contribution is -0.147. The molecule has 1 saturated heterocycles. The summed E-state index contributed by atoms with van der Waals surface area (Å²) in [5.74, 6) is -5.71. The molecule has 0 unspecified atom stereocenters. The van der Waals surface area contributed by atoms with Crippen molar-refractivity contribution in [2.24, 2.45) is 0 Å². The summed E-state index contributed by atoms with van der Waals surface area (Å²) in [5.41, 5.74) is 3.29. The average molecular weight is 602 g/mol. The van der Waals surface area contributed by atoms with E-state index in [1.807, 2.05) is 12.1 Å². The summed E-state index contributed by atoms with van der Waals surface area (Å²) in [5, 5.41) is 20.4. The van der Waals surface area contributed by atoms with Crippen LogP contribution in [0.25, 0.3) is 10.9 Å². The van der Waals surface area contributed by atoms with Crippen molar-refractivity contribution in [1.82, 2.24) is 20.5 Å². The smallest absolute Gasteiger partial charge is 0.267 e. The van der Waals surface area contributed by atoms with Crippen molar-refractivity contribution in [2.75, 3.05) is 18.9 Å². The first-order chi connectivity index (χ1) is 21.1. The van der Waals surface area contributed by atoms with Crippen LogP contribution in [0.15, 0.2) is 91.1 Å². The molecule has 0 saturated carbocycles. The fraction of sp³-hybridized carbons (Fsp3) is 0.273. The molecule has 9 nitrogen and oxygen atoms in total. The van der Waals surface area contributed by atoms with Crippen molar-refractivity contribution in [2.45, 2.75) is 43.5 Å². The minimum absolute atomic E-state index is 0.0400. The zero-order chi connectivity index (χ0) is 31.3. The maximum Gasteiger partial charge on any atom is 0.267 e. The van der Waals surface area contributed by atoms with Crippen LogP contribution in [0.3, 0.4) is 0 Å². The number of aromatic nitrogens is 1. The van der Waals surface area contributed by atoms with E-state index in [0.29, 0.717) is 11.1 Å². The Labute approximate surface area is 253 Å². The summed E-state index contributed by atoms with van der Waals surface area (Å²) in [6, 6.07) is 21.8. The van der Waals surface area contributed by atoms with E-state index >= 15 is 0 Å². The maximum atomic E-state index is 14.6. The minimum atomic E-state index is -3.33. The molecule has 11 heteroatoms. The molecule has 3 atom stereocenters. The van der Waals surface area contributed by atoms with Gasteiger partial charge in [0, 0.05) is 42.8 Å². The Hall–Kier alpha value is -4.90. The lowest BCUT2D eigenvalue weighted by Gasteiger charge is -2.30. The number of aliphatic hydroxyl groups excluding tert-OH is 1. The van der Waals surface area contributed by atoms with E-state index in [0.717, 1.165) is 21.5 Å². The number of benzene rings is 3. The Bertz CT molecular complexity index is 1630. The van der Waals surface area contributed by atoms with Crippen LogP contribution in [0.5, 0.6) is 0 Å². The number of halogens is 2. The normalized spacial score (nSPS) is 17.1. The van der Waals surface area contributed by atoms with Crippen LogP contribution in [-0.4, -0.2) is 70.4 Å². The Morgan fingerprint density at radius 3 is 2.48 bits per heavy atom. The maximum absolute atomic E-state index is 14.6. The van der Waals surface area contributed by atoms with E-state index in [9.17, 15) is 28.3 Å². The number of likely N-dealkylation sites (tertiary alicyclic amines) is 1. The van der Waals surface area contributed by atoms with Crippen molar-refractivity contribution in [3.63, 3.8) is 0 Å². The molecule has 0 radical (unpaired) electrons. The molecule has 1 aliphatic heterocycles. The van der Waals surface area contributed by atoms with E-state index in [1.54, 1.807) is 86.0 Å². The van der Waals surface area contributed by atoms with Gasteiger partial charge in [-0.2, -0.15) is 0 Å². The number of anilines is 1. The van der Waals surface area contributed by atoms with Crippen LogP contribution in [0, 0.1) is 0 Å². The Morgan fingerprint density at radius 1 is 1.00 bits per heavy atom. The molecule has 4 aromatic rings. The fourth-order valence-corrected chi connectivity index (χ4v) is 5.30. The highest BCUT2D eigenvalue weighted by Crippen LogP contribution is 2.33. The SMILES string of the molecule is CNc1ccc(CNC(=O)[C@@H]2CC(F)(F)CN2C(=O)[C@@H](O)[C@H](Cc2ccccc2)NC(=O)c2ccc3ncccc3c2)cc1. The Balaban J connectivity index is 1.34. The molecule has 0 spiro atoms. The van der Waals surface area contributed by atoms with Crippen LogP contribution in [-0.2, 0) is 22.6 Å². The minimum Gasteiger partial charge on any atom is -0.388 e. The summed E-state index contributed by atoms with van der Waals surface area (Å²) in [6.07, 6.45) is -1.11. The number of rotatable bonds is 10. The number of nitrogens with zero attached hydrogens (tertiary/aromatic N) is 2. The number of carbonyl (C=O) groups is 3. The number of fused-ring (bicyclic) bond motifs is 1. The first kappa shape index (κ1) is 30.6. The van der Waals surface area contributed by atoms with Crippen LogP contribution >= 0.6 is 0 Å². The van der Waals surface area contributed by atoms with Gasteiger partial charge in [0.15, 0.2) is 6.10 Å². The Morgan fingerprint density at radius 2 is 1.75 bits per heavy atom. The number of carbonyl (C=O) groups excluding carboxylic acids is 3. The number of alkyl halides is 2. The van der Waals surface area contributed by atoms with Gasteiger partial charge in [0.05, 0.1) is 18.1 Å². The zero-order valence-electron chi connectivity index (χ0n) is 24.0. The lowest BCUT2D eigenvalue weighted by atomic mass is 9.99. The molecule has 44 heavy (non-hydrogen) atoms. The summed E-state index contributed by atoms with van der Waals surface area (Å²) in [6.45, 7) is -0.953. The highest BCUT2D eigenvalue weighted by atomic mass is 19.3. The standard InChI is InChI=1S/C33H33F2N5O4/c1-36-25-12-9-22(10-13-25)19-38-31(43)28-18-33(34,35)20-40(28)32(44)29(41)27(16-21-6-3-2-4-7-21)39-30(42)24-11-14-26-23(17-24)8-5-15-37-26/h2-15,17,27-29,36,41H,16,18-20H2,1H3,(H,38,43)(H,39,42)/t27-,28-,29-/m0/s1. The van der Waals surface area contributed by atoms with Crippen LogP contribution < -0.4 is 16.0 Å². The zero-order valence-corrected chi connectivity index (χ0v) is 24.0. The molecule has 4 N–H and O–H groups in total. The topological polar surface area (TPSA) is 124 Å². The molecule has 0 bridgehead atoms. The summed E-state index contributed by atoms with van der Waals surface area (Å²) in [7, 11) is 1.77. The van der Waals surface area contributed by atoms with Crippen LogP contribution in [0.2, 0.25) is 0 Å². The fourth-order valence-electron chi connectivity index (χ4n) is 5.30. The first-order valence-corrected chi connectivity index (χ1v) is 14.2. The average Bonchev–Trinajstić information content (AvgIpc) is 3.38. The van der Waals surface area contributed by atoms with Gasteiger partial charge < -0.3 is 26.0 Å².